The van der Waals surface area contributed by atoms with E-state index in [2.05, 4.69) is 38.1 Å². The molecule has 0 saturated carbocycles. The Morgan fingerprint density at radius 3 is 1.20 bits per heavy atom. The normalized spacial score (nSPS) is 11.3. The van der Waals surface area contributed by atoms with E-state index in [9.17, 15) is 0 Å². The molecule has 0 spiro atoms. The van der Waals surface area contributed by atoms with Crippen molar-refractivity contribution in [2.75, 3.05) is 11.5 Å². The molecule has 2 heteroatoms. The van der Waals surface area contributed by atoms with Crippen molar-refractivity contribution in [1.82, 2.24) is 0 Å². The summed E-state index contributed by atoms with van der Waals surface area (Å²) in [5.74, 6) is 2.52. The summed E-state index contributed by atoms with van der Waals surface area (Å²) in [5, 5.41) is 0. The van der Waals surface area contributed by atoms with Crippen LogP contribution in [0.15, 0.2) is 28.0 Å². The molecule has 0 heterocycles. The minimum atomic E-state index is 1.26. The predicted molar refractivity (Wildman–Crippen MR) is 141 cm³/mol. The van der Waals surface area contributed by atoms with Crippen LogP contribution in [0.5, 0.6) is 0 Å². The summed E-state index contributed by atoms with van der Waals surface area (Å²) in [7, 11) is 0. The predicted octanol–water partition coefficient (Wildman–Crippen LogP) is 10.7. The maximum absolute atomic E-state index is 3.36. The summed E-state index contributed by atoms with van der Waals surface area (Å²) in [6.07, 6.45) is 25.5. The maximum Gasteiger partial charge on any atom is 0.00892 e. The molecule has 0 aliphatic carbocycles. The van der Waals surface area contributed by atoms with E-state index >= 15 is 0 Å². The third kappa shape index (κ3) is 17.6. The van der Waals surface area contributed by atoms with Crippen molar-refractivity contribution in [2.45, 2.75) is 139 Å². The van der Waals surface area contributed by atoms with Gasteiger partial charge < -0.3 is 0 Å². The van der Waals surface area contributed by atoms with Gasteiger partial charge in [-0.3, -0.25) is 0 Å². The van der Waals surface area contributed by atoms with Crippen LogP contribution >= 0.6 is 23.5 Å². The van der Waals surface area contributed by atoms with Crippen molar-refractivity contribution >= 4 is 23.5 Å². The van der Waals surface area contributed by atoms with Crippen LogP contribution in [0.4, 0.5) is 0 Å². The minimum absolute atomic E-state index is 1.26. The smallest absolute Gasteiger partial charge is 0.00892 e. The number of hydrogen-bond acceptors (Lipinski definition) is 2. The Balaban J connectivity index is 1.97. The summed E-state index contributed by atoms with van der Waals surface area (Å²) in [6, 6.07) is 10.1. The highest BCUT2D eigenvalue weighted by Crippen LogP contribution is 2.26. The number of hydrogen-bond donors (Lipinski definition) is 0. The zero-order chi connectivity index (χ0) is 21.5. The number of benzene rings is 1. The molecule has 0 aliphatic heterocycles. The molecule has 173 valence electrons. The molecule has 0 amide bonds. The van der Waals surface area contributed by atoms with Crippen LogP contribution in [0, 0.1) is 6.07 Å². The van der Waals surface area contributed by atoms with E-state index in [0.717, 1.165) is 0 Å². The first-order valence-corrected chi connectivity index (χ1v) is 15.1. The van der Waals surface area contributed by atoms with E-state index in [4.69, 9.17) is 0 Å². The lowest BCUT2D eigenvalue weighted by atomic mass is 10.1. The van der Waals surface area contributed by atoms with E-state index in [1.165, 1.54) is 137 Å². The molecule has 0 atom stereocenters. The summed E-state index contributed by atoms with van der Waals surface area (Å²) in [4.78, 5) is 2.82. The van der Waals surface area contributed by atoms with E-state index in [1.807, 2.05) is 23.5 Å². The highest BCUT2D eigenvalue weighted by Gasteiger charge is 2.00. The Morgan fingerprint density at radius 1 is 0.500 bits per heavy atom. The minimum Gasteiger partial charge on any atom is -0.126 e. The van der Waals surface area contributed by atoms with Gasteiger partial charge in [-0.2, -0.15) is 0 Å². The van der Waals surface area contributed by atoms with Crippen molar-refractivity contribution < 1.29 is 0 Å². The highest BCUT2D eigenvalue weighted by molar-refractivity contribution is 8.00. The number of rotatable bonds is 22. The van der Waals surface area contributed by atoms with Gasteiger partial charge in [0.25, 0.3) is 0 Å². The number of thioether (sulfide) groups is 2. The Bertz CT molecular complexity index is 432. The van der Waals surface area contributed by atoms with Crippen molar-refractivity contribution in [2.24, 2.45) is 0 Å². The molecule has 0 aromatic heterocycles. The maximum atomic E-state index is 3.36. The van der Waals surface area contributed by atoms with Gasteiger partial charge in [-0.25, -0.2) is 0 Å². The highest BCUT2D eigenvalue weighted by atomic mass is 32.2. The standard InChI is InChI=1S/C28H49S2/c1-3-5-7-9-11-13-15-17-19-24-29-27-22-21-23-28(26-27)30-25-20-18-16-14-12-10-8-6-4-2/h22-23,26H,3-20,24-25H2,1-2H3. The number of unbranched alkanes of at least 4 members (excludes halogenated alkanes) is 16. The van der Waals surface area contributed by atoms with Crippen LogP contribution in [0.25, 0.3) is 0 Å². The Morgan fingerprint density at radius 2 is 0.833 bits per heavy atom. The summed E-state index contributed by atoms with van der Waals surface area (Å²) in [5.41, 5.74) is 0. The van der Waals surface area contributed by atoms with E-state index < -0.39 is 0 Å². The van der Waals surface area contributed by atoms with Crippen molar-refractivity contribution in [3.05, 3.63) is 24.3 Å². The molecule has 1 aromatic rings. The Kier molecular flexibility index (Phi) is 20.6. The average Bonchev–Trinajstić information content (AvgIpc) is 2.76. The molecule has 0 nitrogen and oxygen atoms in total. The topological polar surface area (TPSA) is 0 Å². The summed E-state index contributed by atoms with van der Waals surface area (Å²) < 4.78 is 0. The second kappa shape index (κ2) is 22.1. The van der Waals surface area contributed by atoms with Crippen LogP contribution in [0.2, 0.25) is 0 Å². The molecule has 0 unspecified atom stereocenters. The van der Waals surface area contributed by atoms with Crippen molar-refractivity contribution in [3.63, 3.8) is 0 Å². The van der Waals surface area contributed by atoms with Crippen LogP contribution in [-0.2, 0) is 0 Å². The molecule has 0 bridgehead atoms. The molecule has 0 saturated heterocycles. The van der Waals surface area contributed by atoms with Gasteiger partial charge in [-0.05, 0) is 48.6 Å². The Labute approximate surface area is 198 Å². The molecule has 0 aliphatic rings. The molecule has 30 heavy (non-hydrogen) atoms. The van der Waals surface area contributed by atoms with Crippen LogP contribution in [0.3, 0.4) is 0 Å². The fraction of sp³-hybridized carbons (Fsp3) is 0.786. The quantitative estimate of drug-likeness (QED) is 0.127. The third-order valence-electron chi connectivity index (χ3n) is 5.77. The molecular formula is C28H49S2. The first-order chi connectivity index (χ1) is 14.9. The average molecular weight is 450 g/mol. The van der Waals surface area contributed by atoms with Crippen LogP contribution < -0.4 is 0 Å². The lowest BCUT2D eigenvalue weighted by molar-refractivity contribution is 0.573. The zero-order valence-corrected chi connectivity index (χ0v) is 21.8. The second-order valence-corrected chi connectivity index (χ2v) is 11.1. The lowest BCUT2D eigenvalue weighted by Gasteiger charge is -2.06. The van der Waals surface area contributed by atoms with Gasteiger partial charge in [-0.15, -0.1) is 23.5 Å². The van der Waals surface area contributed by atoms with Crippen molar-refractivity contribution in [3.8, 4) is 0 Å². The molecule has 1 rings (SSSR count). The van der Waals surface area contributed by atoms with Gasteiger partial charge >= 0.3 is 0 Å². The van der Waals surface area contributed by atoms with Crippen LogP contribution in [-0.4, -0.2) is 11.5 Å². The fourth-order valence-corrected chi connectivity index (χ4v) is 5.77. The van der Waals surface area contributed by atoms with Gasteiger partial charge in [-0.1, -0.05) is 117 Å². The van der Waals surface area contributed by atoms with Gasteiger partial charge in [0.15, 0.2) is 0 Å². The molecule has 1 aromatic carbocycles. The molecule has 1 radical (unpaired) electrons. The lowest BCUT2D eigenvalue weighted by Crippen LogP contribution is -1.85. The molecule has 0 N–H and O–H groups in total. The van der Waals surface area contributed by atoms with Crippen LogP contribution in [0.1, 0.15) is 129 Å². The van der Waals surface area contributed by atoms with E-state index in [1.54, 1.807) is 0 Å². The Hall–Kier alpha value is -0.0800. The largest absolute Gasteiger partial charge is 0.126 e. The SMILES string of the molecule is CCCCCCCCCCCSc1c[c]cc(SCCCCCCCCCCC)c1. The monoisotopic (exact) mass is 449 g/mol. The van der Waals surface area contributed by atoms with Crippen molar-refractivity contribution in [1.29, 1.82) is 0 Å². The van der Waals surface area contributed by atoms with Gasteiger partial charge in [0.1, 0.15) is 0 Å². The summed E-state index contributed by atoms with van der Waals surface area (Å²) in [6.45, 7) is 4.59. The van der Waals surface area contributed by atoms with Gasteiger partial charge in [0.2, 0.25) is 0 Å². The molecule has 0 fully saturated rings. The van der Waals surface area contributed by atoms with E-state index in [0.29, 0.717) is 0 Å². The molecular weight excluding hydrogens is 400 g/mol. The van der Waals surface area contributed by atoms with Gasteiger partial charge in [0.05, 0.1) is 0 Å². The summed E-state index contributed by atoms with van der Waals surface area (Å²) >= 11 is 4.05. The zero-order valence-electron chi connectivity index (χ0n) is 20.2. The second-order valence-electron chi connectivity index (χ2n) is 8.76. The fourth-order valence-electron chi connectivity index (χ4n) is 3.80. The van der Waals surface area contributed by atoms with E-state index in [-0.39, 0.29) is 0 Å². The first-order valence-electron chi connectivity index (χ1n) is 13.1. The first kappa shape index (κ1) is 28.0. The van der Waals surface area contributed by atoms with Gasteiger partial charge in [0, 0.05) is 9.79 Å². The third-order valence-corrected chi connectivity index (χ3v) is 7.89.